The van der Waals surface area contributed by atoms with Crippen LogP contribution in [0.1, 0.15) is 39.5 Å². The van der Waals surface area contributed by atoms with Gasteiger partial charge < -0.3 is 15.4 Å². The topological polar surface area (TPSA) is 62.7 Å². The van der Waals surface area contributed by atoms with Crippen molar-refractivity contribution in [1.29, 1.82) is 0 Å². The van der Waals surface area contributed by atoms with Crippen molar-refractivity contribution in [3.8, 4) is 0 Å². The highest BCUT2D eigenvalue weighted by atomic mass is 32.1. The number of hydrogen-bond acceptors (Lipinski definition) is 4. The van der Waals surface area contributed by atoms with Gasteiger partial charge in [-0.1, -0.05) is 13.0 Å². The highest BCUT2D eigenvalue weighted by Crippen LogP contribution is 2.13. The molecular weight excluding hydrogens is 310 g/mol. The molecule has 0 amide bonds. The van der Waals surface area contributed by atoms with Gasteiger partial charge in [0.05, 0.1) is 0 Å². The Kier molecular flexibility index (Phi) is 8.09. The smallest absolute Gasteiger partial charge is 0.328 e. The van der Waals surface area contributed by atoms with Crippen molar-refractivity contribution in [3.05, 3.63) is 22.4 Å². The predicted molar refractivity (Wildman–Crippen MR) is 97.0 cm³/mol. The molecule has 0 aromatic carbocycles. The van der Waals surface area contributed by atoms with Crippen LogP contribution < -0.4 is 10.6 Å². The molecule has 2 N–H and O–H groups in total. The van der Waals surface area contributed by atoms with Crippen LogP contribution in [0.25, 0.3) is 0 Å². The minimum absolute atomic E-state index is 0.0198. The molecule has 1 unspecified atom stereocenters. The van der Waals surface area contributed by atoms with E-state index in [0.29, 0.717) is 11.9 Å². The lowest BCUT2D eigenvalue weighted by Gasteiger charge is -2.19. The number of ether oxygens (including phenoxy) is 1. The molecule has 0 aliphatic carbocycles. The van der Waals surface area contributed by atoms with Crippen LogP contribution in [-0.4, -0.2) is 37.2 Å². The van der Waals surface area contributed by atoms with E-state index >= 15 is 0 Å². The maximum Gasteiger partial charge on any atom is 0.328 e. The summed E-state index contributed by atoms with van der Waals surface area (Å²) in [5, 5.41) is 8.53. The van der Waals surface area contributed by atoms with Crippen molar-refractivity contribution in [1.82, 2.24) is 10.6 Å². The molecule has 6 heteroatoms. The third-order valence-corrected chi connectivity index (χ3v) is 3.78. The SMILES string of the molecule is CCNC(=NCC(=O)OC(C)(C)C)NCC(C)Cc1cccs1. The van der Waals surface area contributed by atoms with E-state index in [1.807, 2.05) is 27.7 Å². The van der Waals surface area contributed by atoms with Crippen molar-refractivity contribution >= 4 is 23.3 Å². The molecule has 130 valence electrons. The number of nitrogens with one attached hydrogen (secondary N) is 2. The predicted octanol–water partition coefficient (Wildman–Crippen LogP) is 2.82. The van der Waals surface area contributed by atoms with E-state index in [9.17, 15) is 4.79 Å². The summed E-state index contributed by atoms with van der Waals surface area (Å²) >= 11 is 1.78. The van der Waals surface area contributed by atoms with Crippen molar-refractivity contribution in [2.75, 3.05) is 19.6 Å². The number of hydrogen-bond donors (Lipinski definition) is 2. The molecule has 0 radical (unpaired) electrons. The minimum Gasteiger partial charge on any atom is -0.459 e. The van der Waals surface area contributed by atoms with Crippen LogP contribution in [-0.2, 0) is 16.0 Å². The van der Waals surface area contributed by atoms with Crippen LogP contribution in [0.3, 0.4) is 0 Å². The van der Waals surface area contributed by atoms with Crippen LogP contribution in [0.5, 0.6) is 0 Å². The van der Waals surface area contributed by atoms with Crippen molar-refractivity contribution in [2.45, 2.75) is 46.6 Å². The average Bonchev–Trinajstić information content (AvgIpc) is 2.93. The van der Waals surface area contributed by atoms with E-state index in [1.165, 1.54) is 4.88 Å². The van der Waals surface area contributed by atoms with E-state index in [2.05, 4.69) is 40.1 Å². The van der Waals surface area contributed by atoms with E-state index in [-0.39, 0.29) is 12.5 Å². The third kappa shape index (κ3) is 9.23. The average molecular weight is 340 g/mol. The summed E-state index contributed by atoms with van der Waals surface area (Å²) in [7, 11) is 0. The molecule has 1 heterocycles. The van der Waals surface area contributed by atoms with Crippen LogP contribution in [0.2, 0.25) is 0 Å². The van der Waals surface area contributed by atoms with Gasteiger partial charge in [-0.2, -0.15) is 0 Å². The fourth-order valence-corrected chi connectivity index (χ4v) is 2.84. The molecule has 0 fully saturated rings. The lowest BCUT2D eigenvalue weighted by molar-refractivity contribution is -0.152. The Bertz CT molecular complexity index is 492. The third-order valence-electron chi connectivity index (χ3n) is 2.88. The number of thiophene rings is 1. The Morgan fingerprint density at radius 1 is 1.39 bits per heavy atom. The highest BCUT2D eigenvalue weighted by molar-refractivity contribution is 7.09. The first-order chi connectivity index (χ1) is 10.8. The monoisotopic (exact) mass is 339 g/mol. The van der Waals surface area contributed by atoms with Gasteiger partial charge >= 0.3 is 5.97 Å². The second-order valence-corrected chi connectivity index (χ2v) is 7.58. The zero-order valence-electron chi connectivity index (χ0n) is 14.8. The molecule has 5 nitrogen and oxygen atoms in total. The van der Waals surface area contributed by atoms with E-state index in [0.717, 1.165) is 19.5 Å². The number of nitrogens with zero attached hydrogens (tertiary/aromatic N) is 1. The molecule has 0 aliphatic rings. The van der Waals surface area contributed by atoms with Crippen molar-refractivity contribution in [2.24, 2.45) is 10.9 Å². The van der Waals surface area contributed by atoms with Gasteiger partial charge in [-0.15, -0.1) is 11.3 Å². The molecule has 23 heavy (non-hydrogen) atoms. The summed E-state index contributed by atoms with van der Waals surface area (Å²) in [6.07, 6.45) is 1.04. The number of aliphatic imine (C=N–C) groups is 1. The zero-order valence-corrected chi connectivity index (χ0v) is 15.6. The van der Waals surface area contributed by atoms with E-state index in [1.54, 1.807) is 11.3 Å². The number of rotatable bonds is 7. The van der Waals surface area contributed by atoms with Gasteiger partial charge in [0.2, 0.25) is 0 Å². The number of guanidine groups is 1. The molecule has 1 rings (SSSR count). The number of esters is 1. The van der Waals surface area contributed by atoms with Gasteiger partial charge in [-0.25, -0.2) is 4.99 Å². The standard InChI is InChI=1S/C17H29N3O2S/c1-6-18-16(20-12-15(21)22-17(3,4)5)19-11-13(2)10-14-8-7-9-23-14/h7-9,13H,6,10-12H2,1-5H3,(H2,18,19,20). The summed E-state index contributed by atoms with van der Waals surface area (Å²) in [4.78, 5) is 17.4. The normalized spacial score (nSPS) is 13.5. The van der Waals surface area contributed by atoms with Gasteiger partial charge in [0, 0.05) is 18.0 Å². The first kappa shape index (κ1) is 19.5. The Balaban J connectivity index is 2.44. The first-order valence-electron chi connectivity index (χ1n) is 8.06. The fourth-order valence-electron chi connectivity index (χ4n) is 1.97. The largest absolute Gasteiger partial charge is 0.459 e. The Hall–Kier alpha value is -1.56. The molecule has 0 aliphatic heterocycles. The second-order valence-electron chi connectivity index (χ2n) is 6.55. The summed E-state index contributed by atoms with van der Waals surface area (Å²) in [5.74, 6) is 0.816. The minimum atomic E-state index is -0.479. The molecule has 0 spiro atoms. The quantitative estimate of drug-likeness (QED) is 0.455. The van der Waals surface area contributed by atoms with Gasteiger partial charge in [-0.05, 0) is 51.5 Å². The van der Waals surface area contributed by atoms with E-state index < -0.39 is 5.60 Å². The summed E-state index contributed by atoms with van der Waals surface area (Å²) in [6, 6.07) is 4.23. The molecule has 1 aromatic rings. The molecule has 0 bridgehead atoms. The van der Waals surface area contributed by atoms with Gasteiger partial charge in [-0.3, -0.25) is 4.79 Å². The van der Waals surface area contributed by atoms with Crippen LogP contribution in [0, 0.1) is 5.92 Å². The van der Waals surface area contributed by atoms with Crippen LogP contribution in [0.15, 0.2) is 22.5 Å². The maximum absolute atomic E-state index is 11.7. The van der Waals surface area contributed by atoms with E-state index in [4.69, 9.17) is 4.74 Å². The van der Waals surface area contributed by atoms with Gasteiger partial charge in [0.25, 0.3) is 0 Å². The van der Waals surface area contributed by atoms with Gasteiger partial charge in [0.15, 0.2) is 5.96 Å². The fraction of sp³-hybridized carbons (Fsp3) is 0.647. The Labute approximate surface area is 143 Å². The molecule has 1 atom stereocenters. The molecule has 1 aromatic heterocycles. The molecular formula is C17H29N3O2S. The first-order valence-corrected chi connectivity index (χ1v) is 8.94. The molecule has 0 saturated heterocycles. The second kappa shape index (κ2) is 9.55. The number of carbonyl (C=O) groups is 1. The van der Waals surface area contributed by atoms with Crippen LogP contribution >= 0.6 is 11.3 Å². The van der Waals surface area contributed by atoms with Crippen molar-refractivity contribution < 1.29 is 9.53 Å². The van der Waals surface area contributed by atoms with Crippen LogP contribution in [0.4, 0.5) is 0 Å². The lowest BCUT2D eigenvalue weighted by atomic mass is 10.1. The number of carbonyl (C=O) groups excluding carboxylic acids is 1. The summed E-state index contributed by atoms with van der Waals surface area (Å²) < 4.78 is 5.26. The Morgan fingerprint density at radius 2 is 2.13 bits per heavy atom. The summed E-state index contributed by atoms with van der Waals surface area (Å²) in [6.45, 7) is 11.3. The lowest BCUT2D eigenvalue weighted by Crippen LogP contribution is -2.40. The zero-order chi connectivity index (χ0) is 17.3. The summed E-state index contributed by atoms with van der Waals surface area (Å²) in [5.41, 5.74) is -0.479. The molecule has 0 saturated carbocycles. The van der Waals surface area contributed by atoms with Gasteiger partial charge in [0.1, 0.15) is 12.1 Å². The maximum atomic E-state index is 11.7. The highest BCUT2D eigenvalue weighted by Gasteiger charge is 2.16. The van der Waals surface area contributed by atoms with Crippen molar-refractivity contribution in [3.63, 3.8) is 0 Å². The Morgan fingerprint density at radius 3 is 2.70 bits per heavy atom.